The zero-order valence-corrected chi connectivity index (χ0v) is 9.03. The van der Waals surface area contributed by atoms with Gasteiger partial charge in [-0.15, -0.1) is 11.3 Å². The Morgan fingerprint density at radius 1 is 1.69 bits per heavy atom. The summed E-state index contributed by atoms with van der Waals surface area (Å²) in [5, 5.41) is 4.55. The summed E-state index contributed by atoms with van der Waals surface area (Å²) >= 11 is 1.86. The van der Waals surface area contributed by atoms with Crippen LogP contribution in [0.3, 0.4) is 0 Å². The molecule has 1 aromatic heterocycles. The molecule has 1 aromatic rings. The van der Waals surface area contributed by atoms with E-state index in [1.54, 1.807) is 0 Å². The molecule has 0 radical (unpaired) electrons. The maximum Gasteiger partial charge on any atom is 0.0931 e. The summed E-state index contributed by atoms with van der Waals surface area (Å²) in [6.07, 6.45) is 6.05. The van der Waals surface area contributed by atoms with E-state index in [1.807, 2.05) is 24.6 Å². The van der Waals surface area contributed by atoms with Crippen LogP contribution in [-0.4, -0.2) is 12.0 Å². The smallest absolute Gasteiger partial charge is 0.0931 e. The largest absolute Gasteiger partial charge is 0.312 e. The van der Waals surface area contributed by atoms with Crippen LogP contribution >= 0.6 is 11.3 Å². The lowest BCUT2D eigenvalue weighted by Crippen LogP contribution is -2.10. The normalized spacial score (nSPS) is 18.9. The summed E-state index contributed by atoms with van der Waals surface area (Å²) in [5.74, 6) is 0.948. The number of rotatable bonds is 4. The summed E-state index contributed by atoms with van der Waals surface area (Å²) in [6.45, 7) is 2.18. The zero-order valence-electron chi connectivity index (χ0n) is 8.21. The highest BCUT2D eigenvalue weighted by Crippen LogP contribution is 2.34. The Balaban J connectivity index is 1.99. The van der Waals surface area contributed by atoms with Crippen molar-refractivity contribution >= 4 is 11.3 Å². The van der Waals surface area contributed by atoms with E-state index in [2.05, 4.69) is 17.2 Å². The van der Waals surface area contributed by atoms with Gasteiger partial charge in [0, 0.05) is 23.5 Å². The average molecular weight is 196 g/mol. The van der Waals surface area contributed by atoms with E-state index in [9.17, 15) is 0 Å². The van der Waals surface area contributed by atoms with Crippen LogP contribution < -0.4 is 5.32 Å². The van der Waals surface area contributed by atoms with E-state index in [0.717, 1.165) is 5.92 Å². The van der Waals surface area contributed by atoms with Gasteiger partial charge in [0.05, 0.1) is 5.01 Å². The molecule has 1 heterocycles. The van der Waals surface area contributed by atoms with Crippen molar-refractivity contribution in [2.45, 2.75) is 32.2 Å². The summed E-state index contributed by atoms with van der Waals surface area (Å²) in [7, 11) is 1.99. The molecule has 1 unspecified atom stereocenters. The summed E-state index contributed by atoms with van der Waals surface area (Å²) < 4.78 is 0. The monoisotopic (exact) mass is 196 g/mol. The number of nitrogens with one attached hydrogen (secondary N) is 1. The third-order valence-electron chi connectivity index (χ3n) is 2.59. The molecule has 0 amide bonds. The van der Waals surface area contributed by atoms with E-state index in [1.165, 1.54) is 29.1 Å². The van der Waals surface area contributed by atoms with Gasteiger partial charge in [-0.2, -0.15) is 0 Å². The van der Waals surface area contributed by atoms with Gasteiger partial charge in [0.2, 0.25) is 0 Å². The Morgan fingerprint density at radius 2 is 2.46 bits per heavy atom. The summed E-state index contributed by atoms with van der Waals surface area (Å²) in [5.41, 5.74) is 0. The van der Waals surface area contributed by atoms with Crippen LogP contribution in [0, 0.1) is 5.92 Å². The van der Waals surface area contributed by atoms with Crippen LogP contribution in [-0.2, 0) is 6.42 Å². The Kier molecular flexibility index (Phi) is 2.65. The summed E-state index contributed by atoms with van der Waals surface area (Å²) in [6, 6.07) is 0.449. The molecule has 1 N–H and O–H groups in total. The highest BCUT2D eigenvalue weighted by molar-refractivity contribution is 7.11. The van der Waals surface area contributed by atoms with E-state index in [0.29, 0.717) is 6.04 Å². The molecule has 0 aliphatic heterocycles. The lowest BCUT2D eigenvalue weighted by Gasteiger charge is -2.04. The zero-order chi connectivity index (χ0) is 9.26. The molecule has 1 fully saturated rings. The van der Waals surface area contributed by atoms with Gasteiger partial charge >= 0.3 is 0 Å². The van der Waals surface area contributed by atoms with Crippen molar-refractivity contribution in [1.29, 1.82) is 0 Å². The van der Waals surface area contributed by atoms with E-state index < -0.39 is 0 Å². The van der Waals surface area contributed by atoms with Gasteiger partial charge in [0.25, 0.3) is 0 Å². The minimum atomic E-state index is 0.449. The average Bonchev–Trinajstić information content (AvgIpc) is 2.81. The molecule has 0 bridgehead atoms. The minimum Gasteiger partial charge on any atom is -0.312 e. The first kappa shape index (κ1) is 9.16. The molecule has 72 valence electrons. The third-order valence-corrected chi connectivity index (χ3v) is 3.79. The predicted molar refractivity (Wildman–Crippen MR) is 56.0 cm³/mol. The molecule has 1 aliphatic rings. The van der Waals surface area contributed by atoms with Crippen LogP contribution in [0.1, 0.15) is 35.7 Å². The molecule has 2 nitrogen and oxygen atoms in total. The maximum absolute atomic E-state index is 4.44. The first-order valence-electron chi connectivity index (χ1n) is 4.91. The minimum absolute atomic E-state index is 0.449. The molecule has 3 heteroatoms. The van der Waals surface area contributed by atoms with Gasteiger partial charge < -0.3 is 5.32 Å². The fourth-order valence-corrected chi connectivity index (χ4v) is 2.43. The highest BCUT2D eigenvalue weighted by atomic mass is 32.1. The molecule has 1 aliphatic carbocycles. The SMILES string of the molecule is CNC(C)c1cnc(CC2CC2)s1. The van der Waals surface area contributed by atoms with E-state index >= 15 is 0 Å². The van der Waals surface area contributed by atoms with Gasteiger partial charge in [-0.05, 0) is 32.7 Å². The van der Waals surface area contributed by atoms with Crippen molar-refractivity contribution in [3.63, 3.8) is 0 Å². The molecule has 0 aromatic carbocycles. The van der Waals surface area contributed by atoms with Crippen LogP contribution in [0.5, 0.6) is 0 Å². The van der Waals surface area contributed by atoms with E-state index in [-0.39, 0.29) is 0 Å². The molecular weight excluding hydrogens is 180 g/mol. The Bertz CT molecular complexity index is 278. The first-order valence-corrected chi connectivity index (χ1v) is 5.73. The Hall–Kier alpha value is -0.410. The van der Waals surface area contributed by atoms with Gasteiger partial charge in [0.1, 0.15) is 0 Å². The first-order chi connectivity index (χ1) is 6.29. The molecule has 1 atom stereocenters. The lowest BCUT2D eigenvalue weighted by molar-refractivity contribution is 0.662. The maximum atomic E-state index is 4.44. The fraction of sp³-hybridized carbons (Fsp3) is 0.700. The summed E-state index contributed by atoms with van der Waals surface area (Å²) in [4.78, 5) is 5.80. The van der Waals surface area contributed by atoms with Gasteiger partial charge in [-0.3, -0.25) is 0 Å². The predicted octanol–water partition coefficient (Wildman–Crippen LogP) is 2.38. The van der Waals surface area contributed by atoms with Crippen LogP contribution in [0.4, 0.5) is 0 Å². The molecule has 0 saturated heterocycles. The number of nitrogens with zero attached hydrogens (tertiary/aromatic N) is 1. The quantitative estimate of drug-likeness (QED) is 0.799. The van der Waals surface area contributed by atoms with Crippen LogP contribution in [0.25, 0.3) is 0 Å². The number of thiazole rings is 1. The van der Waals surface area contributed by atoms with Crippen molar-refractivity contribution in [2.75, 3.05) is 7.05 Å². The second-order valence-electron chi connectivity index (χ2n) is 3.81. The Morgan fingerprint density at radius 3 is 3.08 bits per heavy atom. The highest BCUT2D eigenvalue weighted by Gasteiger charge is 2.23. The van der Waals surface area contributed by atoms with Gasteiger partial charge in [0.15, 0.2) is 0 Å². The molecule has 2 rings (SSSR count). The fourth-order valence-electron chi connectivity index (χ4n) is 1.33. The molecular formula is C10H16N2S. The van der Waals surface area contributed by atoms with Crippen molar-refractivity contribution in [3.05, 3.63) is 16.1 Å². The number of hydrogen-bond acceptors (Lipinski definition) is 3. The molecule has 13 heavy (non-hydrogen) atoms. The number of hydrogen-bond donors (Lipinski definition) is 1. The van der Waals surface area contributed by atoms with Crippen LogP contribution in [0.2, 0.25) is 0 Å². The lowest BCUT2D eigenvalue weighted by atomic mass is 10.3. The van der Waals surface area contributed by atoms with E-state index in [4.69, 9.17) is 0 Å². The van der Waals surface area contributed by atoms with Crippen molar-refractivity contribution < 1.29 is 0 Å². The van der Waals surface area contributed by atoms with Crippen molar-refractivity contribution in [3.8, 4) is 0 Å². The second kappa shape index (κ2) is 3.76. The van der Waals surface area contributed by atoms with Crippen molar-refractivity contribution in [1.82, 2.24) is 10.3 Å². The molecule has 0 spiro atoms. The Labute approximate surface area is 83.4 Å². The number of aromatic nitrogens is 1. The topological polar surface area (TPSA) is 24.9 Å². The standard InChI is InChI=1S/C10H16N2S/c1-7(11-2)9-6-12-10(13-9)5-8-3-4-8/h6-8,11H,3-5H2,1-2H3. The van der Waals surface area contributed by atoms with Gasteiger partial charge in [-0.1, -0.05) is 0 Å². The van der Waals surface area contributed by atoms with Crippen LogP contribution in [0.15, 0.2) is 6.20 Å². The van der Waals surface area contributed by atoms with Crippen molar-refractivity contribution in [2.24, 2.45) is 5.92 Å². The van der Waals surface area contributed by atoms with Gasteiger partial charge in [-0.25, -0.2) is 4.98 Å². The molecule has 1 saturated carbocycles. The second-order valence-corrected chi connectivity index (χ2v) is 4.96. The third kappa shape index (κ3) is 2.29.